The molecule has 0 spiro atoms. The van der Waals surface area contributed by atoms with E-state index < -0.39 is 0 Å². The fourth-order valence-corrected chi connectivity index (χ4v) is 10.3. The van der Waals surface area contributed by atoms with Crippen LogP contribution >= 0.6 is 0 Å². The second-order valence-electron chi connectivity index (χ2n) is 16.8. The lowest BCUT2D eigenvalue weighted by Gasteiger charge is -2.18. The molecule has 300 valence electrons. The average molecular weight is 825 g/mol. The van der Waals surface area contributed by atoms with Gasteiger partial charge in [0.25, 0.3) is 0 Å². The van der Waals surface area contributed by atoms with Crippen LogP contribution < -0.4 is 0 Å². The van der Waals surface area contributed by atoms with E-state index in [0.29, 0.717) is 11.4 Å². The summed E-state index contributed by atoms with van der Waals surface area (Å²) in [5, 5.41) is 16.8. The third-order valence-electron chi connectivity index (χ3n) is 13.2. The van der Waals surface area contributed by atoms with Gasteiger partial charge in [-0.15, -0.1) is 0 Å². The summed E-state index contributed by atoms with van der Waals surface area (Å²) in [6.07, 6.45) is 0. The van der Waals surface area contributed by atoms with Crippen LogP contribution in [-0.2, 0) is 0 Å². The fourth-order valence-electron chi connectivity index (χ4n) is 10.3. The van der Waals surface area contributed by atoms with Gasteiger partial charge in [0.15, 0.2) is 5.82 Å². The first-order valence-corrected chi connectivity index (χ1v) is 22.0. The molecule has 4 nitrogen and oxygen atoms in total. The van der Waals surface area contributed by atoms with Crippen molar-refractivity contribution in [3.8, 4) is 90.2 Å². The van der Waals surface area contributed by atoms with Gasteiger partial charge in [-0.3, -0.25) is 0 Å². The highest BCUT2D eigenvalue weighted by Crippen LogP contribution is 2.53. The number of hydrogen-bond acceptors (Lipinski definition) is 3. The maximum atomic E-state index is 9.64. The summed E-state index contributed by atoms with van der Waals surface area (Å²) in [5.41, 5.74) is 18.4. The molecular weight excluding hydrogens is 789 g/mol. The summed E-state index contributed by atoms with van der Waals surface area (Å²) in [6.45, 7) is 0. The van der Waals surface area contributed by atoms with Gasteiger partial charge < -0.3 is 4.57 Å². The summed E-state index contributed by atoms with van der Waals surface area (Å²) in [6, 6.07) is 79.7. The predicted octanol–water partition coefficient (Wildman–Crippen LogP) is 15.7. The molecule has 4 heteroatoms. The zero-order chi connectivity index (χ0) is 43.0. The molecule has 0 N–H and O–H groups in total. The van der Waals surface area contributed by atoms with Crippen molar-refractivity contribution in [3.63, 3.8) is 0 Å². The zero-order valence-corrected chi connectivity index (χ0v) is 35.1. The minimum atomic E-state index is 0.647. The van der Waals surface area contributed by atoms with Gasteiger partial charge in [-0.25, -0.2) is 9.97 Å². The Morgan fingerprint density at radius 3 is 1.46 bits per heavy atom. The van der Waals surface area contributed by atoms with Crippen LogP contribution in [0.25, 0.3) is 127 Å². The Hall–Kier alpha value is -8.91. The molecule has 1 aliphatic rings. The topological polar surface area (TPSA) is 54.5 Å². The fraction of sp³-hybridized carbons (Fsp3) is 0. The highest BCUT2D eigenvalue weighted by molar-refractivity contribution is 6.24. The van der Waals surface area contributed by atoms with Gasteiger partial charge in [-0.1, -0.05) is 176 Å². The number of hydrogen-bond donors (Lipinski definition) is 0. The minimum absolute atomic E-state index is 0.647. The van der Waals surface area contributed by atoms with Crippen molar-refractivity contribution < 1.29 is 0 Å². The van der Waals surface area contributed by atoms with Crippen LogP contribution in [0.3, 0.4) is 0 Å². The molecule has 0 aliphatic heterocycles. The number of fused-ring (bicyclic) bond motifs is 7. The van der Waals surface area contributed by atoms with Crippen molar-refractivity contribution in [2.75, 3.05) is 0 Å². The second-order valence-corrected chi connectivity index (χ2v) is 16.8. The molecule has 0 atom stereocenters. The molecule has 10 aromatic carbocycles. The molecular formula is C61H36N4. The number of rotatable bonds is 6. The lowest BCUT2D eigenvalue weighted by molar-refractivity contribution is 1.17. The molecule has 12 aromatic rings. The Labute approximate surface area is 375 Å². The van der Waals surface area contributed by atoms with Gasteiger partial charge in [-0.05, 0) is 109 Å². The van der Waals surface area contributed by atoms with E-state index >= 15 is 0 Å². The van der Waals surface area contributed by atoms with Crippen LogP contribution in [0, 0.1) is 11.3 Å². The molecule has 65 heavy (non-hydrogen) atoms. The molecule has 1 aliphatic carbocycles. The molecule has 0 saturated carbocycles. The standard InChI is InChI=1S/C61H36N4/c62-37-38-22-24-39(25-23-38)43-30-33-52-46-16-6-7-17-47(46)53-34-35-54(59(43)60(52)53)48-31-32-49(45-15-5-4-14-44(45)48)56-36-55(63-61(64-56)41-12-2-1-3-13-41)40-26-28-42(29-27-40)65-57-20-10-8-18-50(57)51-19-9-11-21-58(51)65/h1-36H. The highest BCUT2D eigenvalue weighted by atomic mass is 15.0. The van der Waals surface area contributed by atoms with Gasteiger partial charge in [0.2, 0.25) is 0 Å². The second kappa shape index (κ2) is 14.6. The van der Waals surface area contributed by atoms with E-state index in [2.05, 4.69) is 199 Å². The quantitative estimate of drug-likeness (QED) is 0.168. The van der Waals surface area contributed by atoms with Crippen LogP contribution in [0.15, 0.2) is 218 Å². The van der Waals surface area contributed by atoms with E-state index in [-0.39, 0.29) is 0 Å². The Morgan fingerprint density at radius 1 is 0.338 bits per heavy atom. The SMILES string of the molecule is N#Cc1ccc(-c2ccc3c4c(ccc(-c5ccc(-c6cc(-c7ccc(-n8c9ccccc9c9ccccc98)cc7)nc(-c7ccccc7)n6)c6ccccc56)c24)-c2ccccc2-3)cc1. The molecule has 0 radical (unpaired) electrons. The zero-order valence-electron chi connectivity index (χ0n) is 35.1. The molecule has 2 aromatic heterocycles. The number of para-hydroxylation sites is 2. The molecule has 2 heterocycles. The lowest BCUT2D eigenvalue weighted by atomic mass is 9.86. The minimum Gasteiger partial charge on any atom is -0.309 e. The maximum absolute atomic E-state index is 9.64. The third-order valence-corrected chi connectivity index (χ3v) is 13.2. The Bertz CT molecular complexity index is 3850. The largest absolute Gasteiger partial charge is 0.309 e. The first-order chi connectivity index (χ1) is 32.2. The number of nitrogens with zero attached hydrogens (tertiary/aromatic N) is 4. The third kappa shape index (κ3) is 5.77. The summed E-state index contributed by atoms with van der Waals surface area (Å²) in [4.78, 5) is 10.5. The summed E-state index contributed by atoms with van der Waals surface area (Å²) in [5.74, 6) is 0.678. The number of aromatic nitrogens is 3. The molecule has 0 unspecified atom stereocenters. The summed E-state index contributed by atoms with van der Waals surface area (Å²) >= 11 is 0. The van der Waals surface area contributed by atoms with Crippen molar-refractivity contribution in [2.45, 2.75) is 0 Å². The molecule has 0 fully saturated rings. The van der Waals surface area contributed by atoms with E-state index in [4.69, 9.17) is 9.97 Å². The van der Waals surface area contributed by atoms with Crippen molar-refractivity contribution in [1.82, 2.24) is 14.5 Å². The Morgan fingerprint density at radius 2 is 0.815 bits per heavy atom. The van der Waals surface area contributed by atoms with Crippen LogP contribution in [0.4, 0.5) is 0 Å². The normalized spacial score (nSPS) is 11.7. The first kappa shape index (κ1) is 36.7. The lowest BCUT2D eigenvalue weighted by Crippen LogP contribution is -1.98. The van der Waals surface area contributed by atoms with Crippen molar-refractivity contribution in [2.24, 2.45) is 0 Å². The Kier molecular flexibility index (Phi) is 8.24. The maximum Gasteiger partial charge on any atom is 0.160 e. The number of nitriles is 1. The first-order valence-electron chi connectivity index (χ1n) is 22.0. The van der Waals surface area contributed by atoms with E-state index in [1.54, 1.807) is 0 Å². The highest BCUT2D eigenvalue weighted by Gasteiger charge is 2.26. The van der Waals surface area contributed by atoms with Gasteiger partial charge >= 0.3 is 0 Å². The molecule has 0 saturated heterocycles. The predicted molar refractivity (Wildman–Crippen MR) is 268 cm³/mol. The van der Waals surface area contributed by atoms with Gasteiger partial charge in [-0.2, -0.15) is 5.26 Å². The van der Waals surface area contributed by atoms with Crippen LogP contribution in [0.5, 0.6) is 0 Å². The van der Waals surface area contributed by atoms with E-state index in [1.807, 2.05) is 30.3 Å². The molecule has 13 rings (SSSR count). The van der Waals surface area contributed by atoms with Crippen LogP contribution in [-0.4, -0.2) is 14.5 Å². The number of benzene rings is 10. The van der Waals surface area contributed by atoms with Gasteiger partial charge in [0.1, 0.15) is 0 Å². The van der Waals surface area contributed by atoms with Crippen molar-refractivity contribution >= 4 is 43.4 Å². The van der Waals surface area contributed by atoms with E-state index in [9.17, 15) is 5.26 Å². The average Bonchev–Trinajstić information content (AvgIpc) is 3.90. The van der Waals surface area contributed by atoms with Crippen LogP contribution in [0.1, 0.15) is 5.56 Å². The molecule has 0 amide bonds. The Balaban J connectivity index is 0.986. The van der Waals surface area contributed by atoms with Gasteiger partial charge in [0, 0.05) is 33.2 Å². The van der Waals surface area contributed by atoms with Crippen LogP contribution in [0.2, 0.25) is 0 Å². The summed E-state index contributed by atoms with van der Waals surface area (Å²) < 4.78 is 2.34. The monoisotopic (exact) mass is 824 g/mol. The molecule has 0 bridgehead atoms. The van der Waals surface area contributed by atoms with Crippen molar-refractivity contribution in [3.05, 3.63) is 224 Å². The van der Waals surface area contributed by atoms with E-state index in [1.165, 1.54) is 54.8 Å². The summed E-state index contributed by atoms with van der Waals surface area (Å²) in [7, 11) is 0. The van der Waals surface area contributed by atoms with Crippen molar-refractivity contribution in [1.29, 1.82) is 5.26 Å². The smallest absolute Gasteiger partial charge is 0.160 e. The van der Waals surface area contributed by atoms with Gasteiger partial charge in [0.05, 0.1) is 34.1 Å². The van der Waals surface area contributed by atoms with E-state index in [0.717, 1.165) is 66.8 Å².